The van der Waals surface area contributed by atoms with Crippen LogP contribution in [0.3, 0.4) is 0 Å². The summed E-state index contributed by atoms with van der Waals surface area (Å²) in [5, 5.41) is 9.45. The van der Waals surface area contributed by atoms with Crippen molar-refractivity contribution in [3.8, 4) is 17.2 Å². The van der Waals surface area contributed by atoms with Gasteiger partial charge in [-0.15, -0.1) is 0 Å². The Labute approximate surface area is 138 Å². The molecule has 0 fully saturated rings. The van der Waals surface area contributed by atoms with Crippen molar-refractivity contribution >= 4 is 21.7 Å². The van der Waals surface area contributed by atoms with Crippen molar-refractivity contribution < 1.29 is 4.39 Å². The molecule has 0 aliphatic heterocycles. The summed E-state index contributed by atoms with van der Waals surface area (Å²) in [6.07, 6.45) is 2.33. The first-order valence-electron chi connectivity index (χ1n) is 7.20. The maximum absolute atomic E-state index is 14.4. The Kier molecular flexibility index (Phi) is 5.15. The number of aryl methyl sites for hydroxylation is 1. The number of anilines is 1. The van der Waals surface area contributed by atoms with Crippen LogP contribution in [0.1, 0.15) is 37.1 Å². The van der Waals surface area contributed by atoms with Crippen molar-refractivity contribution in [2.24, 2.45) is 0 Å². The Morgan fingerprint density at radius 1 is 1.36 bits per heavy atom. The summed E-state index contributed by atoms with van der Waals surface area (Å²) in [5.74, 6) is -0.214. The van der Waals surface area contributed by atoms with Crippen molar-refractivity contribution in [3.63, 3.8) is 0 Å². The van der Waals surface area contributed by atoms with Crippen molar-refractivity contribution in [2.45, 2.75) is 33.1 Å². The quantitative estimate of drug-likeness (QED) is 0.863. The molecule has 0 aliphatic carbocycles. The van der Waals surface area contributed by atoms with Gasteiger partial charge in [-0.25, -0.2) is 9.37 Å². The molecule has 0 amide bonds. The number of hydrogen-bond acceptors (Lipinski definition) is 3. The van der Waals surface area contributed by atoms with E-state index in [0.29, 0.717) is 22.0 Å². The average Bonchev–Trinajstić information content (AvgIpc) is 2.47. The third-order valence-corrected chi connectivity index (χ3v) is 4.06. The summed E-state index contributed by atoms with van der Waals surface area (Å²) in [6.45, 7) is 4.03. The van der Waals surface area contributed by atoms with Gasteiger partial charge in [0.15, 0.2) is 0 Å². The fourth-order valence-corrected chi connectivity index (χ4v) is 2.95. The minimum absolute atomic E-state index is 0.167. The summed E-state index contributed by atoms with van der Waals surface area (Å²) in [4.78, 5) is 4.36. The van der Waals surface area contributed by atoms with Crippen LogP contribution in [0, 0.1) is 17.1 Å². The molecular formula is C17H17BrFN3. The smallest absolute Gasteiger partial charge is 0.142 e. The summed E-state index contributed by atoms with van der Waals surface area (Å²) in [5.41, 5.74) is 8.90. The van der Waals surface area contributed by atoms with Gasteiger partial charge in [-0.1, -0.05) is 42.3 Å². The molecule has 0 spiro atoms. The maximum Gasteiger partial charge on any atom is 0.142 e. The molecule has 114 valence electrons. The number of hydrogen-bond donors (Lipinski definition) is 1. The lowest BCUT2D eigenvalue weighted by atomic mass is 9.91. The van der Waals surface area contributed by atoms with E-state index in [4.69, 9.17) is 5.73 Å². The number of nitrogens with zero attached hydrogens (tertiary/aromatic N) is 2. The topological polar surface area (TPSA) is 62.7 Å². The van der Waals surface area contributed by atoms with Crippen LogP contribution in [0.25, 0.3) is 11.1 Å². The van der Waals surface area contributed by atoms with Crippen LogP contribution in [0.15, 0.2) is 22.7 Å². The van der Waals surface area contributed by atoms with Crippen LogP contribution in [0.4, 0.5) is 10.2 Å². The molecule has 0 bridgehead atoms. The van der Waals surface area contributed by atoms with Gasteiger partial charge >= 0.3 is 0 Å². The van der Waals surface area contributed by atoms with E-state index < -0.39 is 0 Å². The Morgan fingerprint density at radius 2 is 2.09 bits per heavy atom. The number of nitriles is 1. The second-order valence-electron chi connectivity index (χ2n) is 5.01. The summed E-state index contributed by atoms with van der Waals surface area (Å²) < 4.78 is 15.1. The molecule has 1 heterocycles. The first-order chi connectivity index (χ1) is 10.5. The molecule has 0 aliphatic rings. The van der Waals surface area contributed by atoms with Crippen LogP contribution >= 0.6 is 15.9 Å². The predicted molar refractivity (Wildman–Crippen MR) is 89.8 cm³/mol. The van der Waals surface area contributed by atoms with Gasteiger partial charge in [0.25, 0.3) is 0 Å². The Morgan fingerprint density at radius 3 is 2.64 bits per heavy atom. The minimum Gasteiger partial charge on any atom is -0.383 e. The summed E-state index contributed by atoms with van der Waals surface area (Å²) >= 11 is 3.25. The summed E-state index contributed by atoms with van der Waals surface area (Å²) in [6, 6.07) is 6.91. The zero-order valence-electron chi connectivity index (χ0n) is 12.6. The highest BCUT2D eigenvalue weighted by molar-refractivity contribution is 9.10. The number of halogens is 2. The van der Waals surface area contributed by atoms with E-state index in [1.807, 2.05) is 6.92 Å². The highest BCUT2D eigenvalue weighted by Gasteiger charge is 2.20. The van der Waals surface area contributed by atoms with Crippen LogP contribution in [-0.4, -0.2) is 4.98 Å². The van der Waals surface area contributed by atoms with Gasteiger partial charge < -0.3 is 5.73 Å². The zero-order chi connectivity index (χ0) is 16.3. The summed E-state index contributed by atoms with van der Waals surface area (Å²) in [7, 11) is 0. The second-order valence-corrected chi connectivity index (χ2v) is 5.93. The van der Waals surface area contributed by atoms with E-state index >= 15 is 0 Å². The van der Waals surface area contributed by atoms with Crippen LogP contribution in [0.2, 0.25) is 0 Å². The number of rotatable bonds is 4. The van der Waals surface area contributed by atoms with E-state index in [0.717, 1.165) is 24.1 Å². The van der Waals surface area contributed by atoms with Gasteiger partial charge in [-0.2, -0.15) is 5.26 Å². The molecule has 2 aromatic rings. The molecule has 0 saturated carbocycles. The number of nitrogens with two attached hydrogens (primary N) is 1. The molecule has 2 rings (SSSR count). The maximum atomic E-state index is 14.4. The highest BCUT2D eigenvalue weighted by atomic mass is 79.9. The molecule has 0 unspecified atom stereocenters. The molecule has 0 atom stereocenters. The lowest BCUT2D eigenvalue weighted by molar-refractivity contribution is 0.630. The van der Waals surface area contributed by atoms with Gasteiger partial charge in [0.1, 0.15) is 23.3 Å². The molecule has 5 heteroatoms. The number of aromatic nitrogens is 1. The van der Waals surface area contributed by atoms with Crippen molar-refractivity contribution in [2.75, 3.05) is 5.73 Å². The van der Waals surface area contributed by atoms with Gasteiger partial charge in [-0.3, -0.25) is 0 Å². The zero-order valence-corrected chi connectivity index (χ0v) is 14.2. The minimum atomic E-state index is -0.381. The van der Waals surface area contributed by atoms with Gasteiger partial charge in [0, 0.05) is 21.3 Å². The Hall–Kier alpha value is -1.93. The van der Waals surface area contributed by atoms with Gasteiger partial charge in [-0.05, 0) is 30.5 Å². The van der Waals surface area contributed by atoms with E-state index in [1.165, 1.54) is 6.07 Å². The number of pyridine rings is 1. The van der Waals surface area contributed by atoms with E-state index in [2.05, 4.69) is 33.9 Å². The molecule has 22 heavy (non-hydrogen) atoms. The van der Waals surface area contributed by atoms with E-state index in [-0.39, 0.29) is 17.2 Å². The van der Waals surface area contributed by atoms with Crippen LogP contribution in [-0.2, 0) is 12.8 Å². The third kappa shape index (κ3) is 2.97. The molecule has 3 nitrogen and oxygen atoms in total. The SMILES string of the molecule is CCCc1nc(N)c(C#N)c(-c2ccc(Br)cc2F)c1CC. The largest absolute Gasteiger partial charge is 0.383 e. The van der Waals surface area contributed by atoms with Gasteiger partial charge in [0.2, 0.25) is 0 Å². The van der Waals surface area contributed by atoms with Crippen molar-refractivity contribution in [1.29, 1.82) is 5.26 Å². The van der Waals surface area contributed by atoms with E-state index in [9.17, 15) is 9.65 Å². The standard InChI is InChI=1S/C17H17BrFN3/c1-3-5-15-11(4-2)16(13(9-20)17(21)22-15)12-7-6-10(18)8-14(12)19/h6-8H,3-5H2,1-2H3,(H2,21,22). The predicted octanol–water partition coefficient (Wildman–Crippen LogP) is 4.62. The van der Waals surface area contributed by atoms with Crippen LogP contribution in [0.5, 0.6) is 0 Å². The number of benzene rings is 1. The molecule has 1 aromatic heterocycles. The molecule has 1 aromatic carbocycles. The lowest BCUT2D eigenvalue weighted by Crippen LogP contribution is -2.08. The number of nitrogen functional groups attached to an aromatic ring is 1. The lowest BCUT2D eigenvalue weighted by Gasteiger charge is -2.17. The molecule has 0 radical (unpaired) electrons. The average molecular weight is 362 g/mol. The molecular weight excluding hydrogens is 345 g/mol. The molecule has 0 saturated heterocycles. The van der Waals surface area contributed by atoms with Crippen LogP contribution < -0.4 is 5.73 Å². The highest BCUT2D eigenvalue weighted by Crippen LogP contribution is 2.35. The van der Waals surface area contributed by atoms with Crippen molar-refractivity contribution in [3.05, 3.63) is 45.3 Å². The third-order valence-electron chi connectivity index (χ3n) is 3.56. The Bertz CT molecular complexity index is 751. The fraction of sp³-hybridized carbons (Fsp3) is 0.294. The fourth-order valence-electron chi connectivity index (χ4n) is 2.62. The van der Waals surface area contributed by atoms with Gasteiger partial charge in [0.05, 0.1) is 0 Å². The molecule has 2 N–H and O–H groups in total. The first kappa shape index (κ1) is 16.4. The normalized spacial score (nSPS) is 10.5. The second kappa shape index (κ2) is 6.89. The van der Waals surface area contributed by atoms with E-state index in [1.54, 1.807) is 12.1 Å². The Balaban J connectivity index is 2.84. The monoisotopic (exact) mass is 361 g/mol. The van der Waals surface area contributed by atoms with Crippen molar-refractivity contribution in [1.82, 2.24) is 4.98 Å². The first-order valence-corrected chi connectivity index (χ1v) is 7.99.